The van der Waals surface area contributed by atoms with Gasteiger partial charge in [-0.05, 0) is 54.1 Å². The minimum atomic E-state index is -0.677. The molecule has 1 N–H and O–H groups in total. The van der Waals surface area contributed by atoms with Gasteiger partial charge in [0.15, 0.2) is 11.5 Å². The van der Waals surface area contributed by atoms with Crippen molar-refractivity contribution in [1.82, 2.24) is 4.90 Å². The summed E-state index contributed by atoms with van der Waals surface area (Å²) in [4.78, 5) is 27.8. The van der Waals surface area contributed by atoms with E-state index < -0.39 is 17.8 Å². The van der Waals surface area contributed by atoms with Crippen LogP contribution in [-0.4, -0.2) is 37.5 Å². The molecule has 0 radical (unpaired) electrons. The van der Waals surface area contributed by atoms with Gasteiger partial charge in [-0.25, -0.2) is 4.39 Å². The highest BCUT2D eigenvalue weighted by atomic mass is 35.5. The van der Waals surface area contributed by atoms with Gasteiger partial charge >= 0.3 is 0 Å². The third kappa shape index (κ3) is 4.11. The summed E-state index contributed by atoms with van der Waals surface area (Å²) >= 11 is 6.26. The molecule has 4 rings (SSSR count). The number of benzene rings is 3. The summed E-state index contributed by atoms with van der Waals surface area (Å²) in [5, 5.41) is 3.28. The van der Waals surface area contributed by atoms with Crippen LogP contribution in [0.4, 0.5) is 10.1 Å². The van der Waals surface area contributed by atoms with Gasteiger partial charge < -0.3 is 19.7 Å². The van der Waals surface area contributed by atoms with E-state index in [1.165, 1.54) is 31.3 Å². The average Bonchev–Trinajstić information content (AvgIpc) is 2.94. The monoisotopic (exact) mass is 454 g/mol. The van der Waals surface area contributed by atoms with Crippen molar-refractivity contribution >= 4 is 29.1 Å². The number of anilines is 1. The maximum absolute atomic E-state index is 13.7. The molecule has 0 saturated heterocycles. The van der Waals surface area contributed by atoms with Gasteiger partial charge in [-0.3, -0.25) is 9.59 Å². The number of nitrogens with zero attached hydrogens (tertiary/aromatic N) is 1. The van der Waals surface area contributed by atoms with E-state index in [0.29, 0.717) is 38.9 Å². The van der Waals surface area contributed by atoms with E-state index in [-0.39, 0.29) is 12.5 Å². The van der Waals surface area contributed by atoms with E-state index in [1.54, 1.807) is 48.5 Å². The number of methoxy groups -OCH3 is 2. The van der Waals surface area contributed by atoms with Crippen molar-refractivity contribution in [2.75, 3.05) is 26.1 Å². The van der Waals surface area contributed by atoms with Crippen molar-refractivity contribution in [3.63, 3.8) is 0 Å². The number of hydrogen-bond acceptors (Lipinski definition) is 4. The van der Waals surface area contributed by atoms with Crippen molar-refractivity contribution in [2.45, 2.75) is 6.04 Å². The zero-order valence-electron chi connectivity index (χ0n) is 17.4. The molecule has 0 aliphatic carbocycles. The first-order valence-electron chi connectivity index (χ1n) is 9.79. The molecule has 0 unspecified atom stereocenters. The Hall–Kier alpha value is -3.58. The van der Waals surface area contributed by atoms with E-state index >= 15 is 0 Å². The first kappa shape index (κ1) is 21.6. The first-order valence-corrected chi connectivity index (χ1v) is 10.2. The average molecular weight is 455 g/mol. The predicted octanol–water partition coefficient (Wildman–Crippen LogP) is 4.68. The van der Waals surface area contributed by atoms with Crippen molar-refractivity contribution in [1.29, 1.82) is 0 Å². The maximum Gasteiger partial charge on any atom is 0.255 e. The third-order valence-electron chi connectivity index (χ3n) is 5.29. The maximum atomic E-state index is 13.7. The lowest BCUT2D eigenvalue weighted by atomic mass is 9.95. The largest absolute Gasteiger partial charge is 0.493 e. The number of halogens is 2. The quantitative estimate of drug-likeness (QED) is 0.621. The minimum Gasteiger partial charge on any atom is -0.493 e. The lowest BCUT2D eigenvalue weighted by Crippen LogP contribution is -2.39. The van der Waals surface area contributed by atoms with Crippen LogP contribution in [0.1, 0.15) is 27.5 Å². The smallest absolute Gasteiger partial charge is 0.255 e. The van der Waals surface area contributed by atoms with Gasteiger partial charge in [0.2, 0.25) is 5.91 Å². The number of rotatable bonds is 4. The van der Waals surface area contributed by atoms with Gasteiger partial charge in [-0.15, -0.1) is 0 Å². The van der Waals surface area contributed by atoms with Gasteiger partial charge in [-0.1, -0.05) is 23.7 Å². The van der Waals surface area contributed by atoms with Crippen LogP contribution in [0.15, 0.2) is 60.7 Å². The molecule has 0 fully saturated rings. The molecule has 0 saturated carbocycles. The van der Waals surface area contributed by atoms with E-state index in [9.17, 15) is 14.0 Å². The van der Waals surface area contributed by atoms with E-state index in [2.05, 4.69) is 5.32 Å². The predicted molar refractivity (Wildman–Crippen MR) is 119 cm³/mol. The van der Waals surface area contributed by atoms with Crippen molar-refractivity contribution in [2.24, 2.45) is 0 Å². The van der Waals surface area contributed by atoms with Gasteiger partial charge in [0.1, 0.15) is 12.4 Å². The molecule has 1 heterocycles. The molecule has 3 aromatic rings. The highest BCUT2D eigenvalue weighted by molar-refractivity contribution is 6.30. The summed E-state index contributed by atoms with van der Waals surface area (Å²) in [5.74, 6) is -0.291. The Bertz CT molecular complexity index is 1180. The summed E-state index contributed by atoms with van der Waals surface area (Å²) in [5.41, 5.74) is 2.12. The standard InChI is InChI=1S/C24H20ClFN2O4/c1-31-20-10-5-15(11-21(20)32-2)24(30)28-13-22(29)27-19-9-6-16(25)12-18(19)23(28)14-3-7-17(26)8-4-14/h3-12,23H,13H2,1-2H3,(H,27,29)/t23-/m0/s1. The van der Waals surface area contributed by atoms with E-state index in [1.807, 2.05) is 0 Å². The summed E-state index contributed by atoms with van der Waals surface area (Å²) in [6.45, 7) is -0.207. The Morgan fingerprint density at radius 1 is 1.03 bits per heavy atom. The Morgan fingerprint density at radius 2 is 1.75 bits per heavy atom. The molecule has 2 amide bonds. The molecule has 1 aliphatic rings. The molecule has 0 bridgehead atoms. The van der Waals surface area contributed by atoms with Crippen LogP contribution >= 0.6 is 11.6 Å². The van der Waals surface area contributed by atoms with Crippen molar-refractivity contribution in [3.8, 4) is 11.5 Å². The highest BCUT2D eigenvalue weighted by Crippen LogP contribution is 2.38. The molecule has 1 aliphatic heterocycles. The summed E-state index contributed by atoms with van der Waals surface area (Å²) < 4.78 is 24.2. The molecule has 0 spiro atoms. The third-order valence-corrected chi connectivity index (χ3v) is 5.52. The van der Waals surface area contributed by atoms with Gasteiger partial charge in [0.05, 0.1) is 20.3 Å². The summed E-state index contributed by atoms with van der Waals surface area (Å²) in [6, 6.07) is 15.0. The van der Waals surface area contributed by atoms with E-state index in [4.69, 9.17) is 21.1 Å². The lowest BCUT2D eigenvalue weighted by Gasteiger charge is -2.31. The number of ether oxygens (including phenoxy) is 2. The number of amides is 2. The lowest BCUT2D eigenvalue weighted by molar-refractivity contribution is -0.117. The second-order valence-electron chi connectivity index (χ2n) is 7.24. The Morgan fingerprint density at radius 3 is 2.44 bits per heavy atom. The molecule has 164 valence electrons. The molecular weight excluding hydrogens is 435 g/mol. The van der Waals surface area contributed by atoms with Crippen LogP contribution in [0.3, 0.4) is 0 Å². The van der Waals surface area contributed by atoms with Gasteiger partial charge in [0.25, 0.3) is 5.91 Å². The van der Waals surface area contributed by atoms with Crippen LogP contribution in [0.2, 0.25) is 5.02 Å². The Balaban J connectivity index is 1.87. The number of nitrogens with one attached hydrogen (secondary N) is 1. The Kier molecular flexibility index (Phi) is 6.01. The molecule has 8 heteroatoms. The molecule has 0 aromatic heterocycles. The van der Waals surface area contributed by atoms with Gasteiger partial charge in [0, 0.05) is 21.8 Å². The second kappa shape index (κ2) is 8.88. The van der Waals surface area contributed by atoms with Crippen LogP contribution < -0.4 is 14.8 Å². The zero-order chi connectivity index (χ0) is 22.8. The van der Waals surface area contributed by atoms with E-state index in [0.717, 1.165) is 0 Å². The van der Waals surface area contributed by atoms with Crippen molar-refractivity contribution < 1.29 is 23.5 Å². The topological polar surface area (TPSA) is 67.9 Å². The van der Waals surface area contributed by atoms with Crippen LogP contribution in [0, 0.1) is 5.82 Å². The zero-order valence-corrected chi connectivity index (χ0v) is 18.2. The fraction of sp³-hybridized carbons (Fsp3) is 0.167. The minimum absolute atomic E-state index is 0.207. The normalized spacial score (nSPS) is 15.4. The molecule has 6 nitrogen and oxygen atoms in total. The molecule has 32 heavy (non-hydrogen) atoms. The fourth-order valence-electron chi connectivity index (χ4n) is 3.81. The van der Waals surface area contributed by atoms with Crippen LogP contribution in [0.5, 0.6) is 11.5 Å². The number of fused-ring (bicyclic) bond motifs is 1. The summed E-state index contributed by atoms with van der Waals surface area (Å²) in [6.07, 6.45) is 0. The SMILES string of the molecule is COc1ccc(C(=O)N2CC(=O)Nc3ccc(Cl)cc3[C@@H]2c2ccc(F)cc2)cc1OC. The number of hydrogen-bond donors (Lipinski definition) is 1. The van der Waals surface area contributed by atoms with Gasteiger partial charge in [-0.2, -0.15) is 0 Å². The second-order valence-corrected chi connectivity index (χ2v) is 7.67. The fourth-order valence-corrected chi connectivity index (χ4v) is 3.99. The molecular formula is C24H20ClFN2O4. The summed E-state index contributed by atoms with van der Waals surface area (Å²) in [7, 11) is 2.98. The Labute approximate surface area is 189 Å². The van der Waals surface area contributed by atoms with Crippen molar-refractivity contribution in [3.05, 3.63) is 88.2 Å². The molecule has 3 aromatic carbocycles. The van der Waals surface area contributed by atoms with Crippen LogP contribution in [-0.2, 0) is 4.79 Å². The molecule has 1 atom stereocenters. The first-order chi connectivity index (χ1) is 15.4. The van der Waals surface area contributed by atoms with Crippen LogP contribution in [0.25, 0.3) is 0 Å². The number of carbonyl (C=O) groups is 2. The number of carbonyl (C=O) groups excluding carboxylic acids is 2. The highest BCUT2D eigenvalue weighted by Gasteiger charge is 2.34.